The quantitative estimate of drug-likeness (QED) is 0.426. The number of alkyl halides is 6. The van der Waals surface area contributed by atoms with E-state index < -0.39 is 49.3 Å². The molecule has 0 aliphatic rings. The van der Waals surface area contributed by atoms with Crippen molar-refractivity contribution in [1.82, 2.24) is 9.78 Å². The van der Waals surface area contributed by atoms with Gasteiger partial charge < -0.3 is 0 Å². The van der Waals surface area contributed by atoms with Gasteiger partial charge in [-0.2, -0.15) is 22.7 Å². The number of para-hydroxylation sites is 1. The van der Waals surface area contributed by atoms with Crippen LogP contribution in [0.5, 0.6) is 0 Å². The van der Waals surface area contributed by atoms with E-state index in [-0.39, 0.29) is 9.70 Å². The fourth-order valence-electron chi connectivity index (χ4n) is 2.76. The second-order valence-electron chi connectivity index (χ2n) is 6.54. The molecule has 0 amide bonds. The van der Waals surface area contributed by atoms with Gasteiger partial charge in [-0.1, -0.05) is 41.4 Å². The molecule has 1 heterocycles. The van der Waals surface area contributed by atoms with Crippen molar-refractivity contribution in [3.8, 4) is 5.69 Å². The lowest BCUT2D eigenvalue weighted by Crippen LogP contribution is -2.46. The number of aryl methyl sites for hydroxylation is 1. The minimum Gasteiger partial charge on any atom is -0.229 e. The molecular weight excluding hydrogens is 470 g/mol. The molecule has 12 heteroatoms. The first-order chi connectivity index (χ1) is 14.3. The summed E-state index contributed by atoms with van der Waals surface area (Å²) in [5, 5.41) is 3.24. The van der Waals surface area contributed by atoms with Gasteiger partial charge in [-0.15, -0.1) is 0 Å². The fourth-order valence-corrected chi connectivity index (χ4v) is 4.38. The van der Waals surface area contributed by atoms with Crippen molar-refractivity contribution in [2.24, 2.45) is 0 Å². The van der Waals surface area contributed by atoms with Crippen molar-refractivity contribution in [2.75, 3.05) is 0 Å². The highest BCUT2D eigenvalue weighted by Crippen LogP contribution is 2.49. The minimum absolute atomic E-state index is 0.139. The molecule has 0 saturated carbocycles. The summed E-state index contributed by atoms with van der Waals surface area (Å²) in [5.74, 6) is -11.5. The van der Waals surface area contributed by atoms with Crippen LogP contribution in [-0.2, 0) is 15.8 Å². The molecule has 0 atom stereocenters. The van der Waals surface area contributed by atoms with E-state index in [4.69, 9.17) is 11.6 Å². The molecule has 0 unspecified atom stereocenters. The van der Waals surface area contributed by atoms with E-state index in [2.05, 4.69) is 5.10 Å². The zero-order valence-electron chi connectivity index (χ0n) is 15.5. The highest BCUT2D eigenvalue weighted by Gasteiger charge is 2.67. The number of sulfone groups is 1. The lowest BCUT2D eigenvalue weighted by molar-refractivity contribution is -0.273. The van der Waals surface area contributed by atoms with Crippen molar-refractivity contribution in [2.45, 2.75) is 35.0 Å². The fraction of sp³-hybridized carbons (Fsp3) is 0.211. The Morgan fingerprint density at radius 1 is 1.00 bits per heavy atom. The van der Waals surface area contributed by atoms with Crippen LogP contribution in [0.15, 0.2) is 64.5 Å². The number of hydrogen-bond acceptors (Lipinski definition) is 3. The minimum atomic E-state index is -5.90. The smallest absolute Gasteiger partial charge is 0.229 e. The van der Waals surface area contributed by atoms with Gasteiger partial charge in [0.05, 0.1) is 21.8 Å². The number of halogens is 7. The van der Waals surface area contributed by atoms with Crippen molar-refractivity contribution in [3.05, 3.63) is 71.0 Å². The zero-order valence-corrected chi connectivity index (χ0v) is 17.1. The number of rotatable bonds is 6. The van der Waals surface area contributed by atoms with Gasteiger partial charge in [0.15, 0.2) is 0 Å². The maximum Gasteiger partial charge on any atom is 0.375 e. The van der Waals surface area contributed by atoms with E-state index in [0.29, 0.717) is 11.8 Å². The summed E-state index contributed by atoms with van der Waals surface area (Å²) in [6.07, 6.45) is -4.38. The number of hydrogen-bond donors (Lipinski definition) is 0. The number of nitrogens with zero attached hydrogens (tertiary/aromatic N) is 2. The lowest BCUT2D eigenvalue weighted by Gasteiger charge is -2.27. The first kappa shape index (κ1) is 23.1. The van der Waals surface area contributed by atoms with Gasteiger partial charge in [-0.3, -0.25) is 0 Å². The molecule has 0 N–H and O–H groups in total. The highest BCUT2D eigenvalue weighted by molar-refractivity contribution is 7.91. The van der Waals surface area contributed by atoms with Crippen LogP contribution in [0, 0.1) is 6.92 Å². The third kappa shape index (κ3) is 3.80. The van der Waals surface area contributed by atoms with Crippen LogP contribution in [-0.4, -0.2) is 30.5 Å². The Morgan fingerprint density at radius 3 is 2.13 bits per heavy atom. The van der Waals surface area contributed by atoms with E-state index in [1.165, 1.54) is 30.3 Å². The van der Waals surface area contributed by atoms with E-state index in [9.17, 15) is 34.8 Å². The summed E-state index contributed by atoms with van der Waals surface area (Å²) >= 11 is 5.92. The van der Waals surface area contributed by atoms with Crippen LogP contribution in [0.3, 0.4) is 0 Å². The summed E-state index contributed by atoms with van der Waals surface area (Å²) in [4.78, 5) is -1.85. The molecule has 0 aliphatic heterocycles. The molecular formula is C19H13ClF6N2O2S. The van der Waals surface area contributed by atoms with Gasteiger partial charge in [0.2, 0.25) is 9.84 Å². The molecule has 0 bridgehead atoms. The second kappa shape index (κ2) is 7.86. The molecule has 2 aromatic carbocycles. The van der Waals surface area contributed by atoms with Crippen LogP contribution in [0.1, 0.15) is 11.3 Å². The van der Waals surface area contributed by atoms with Crippen LogP contribution < -0.4 is 0 Å². The molecule has 1 aromatic heterocycles. The van der Waals surface area contributed by atoms with E-state index in [1.807, 2.05) is 0 Å². The van der Waals surface area contributed by atoms with Crippen LogP contribution in [0.2, 0.25) is 5.02 Å². The van der Waals surface area contributed by atoms with Gasteiger partial charge >= 0.3 is 18.3 Å². The molecule has 31 heavy (non-hydrogen) atoms. The van der Waals surface area contributed by atoms with Gasteiger partial charge in [0.25, 0.3) is 0 Å². The second-order valence-corrected chi connectivity index (χ2v) is 8.86. The lowest BCUT2D eigenvalue weighted by atomic mass is 10.1. The van der Waals surface area contributed by atoms with Gasteiger partial charge in [-0.25, -0.2) is 21.9 Å². The average molecular weight is 483 g/mol. The predicted octanol–water partition coefficient (Wildman–Crippen LogP) is 5.66. The monoisotopic (exact) mass is 482 g/mol. The summed E-state index contributed by atoms with van der Waals surface area (Å²) in [6, 6.07) is 9.86. The number of benzene rings is 2. The molecule has 166 valence electrons. The Kier molecular flexibility index (Phi) is 5.87. The molecule has 0 saturated heterocycles. The Hall–Kier alpha value is -2.53. The average Bonchev–Trinajstić information content (AvgIpc) is 3.15. The molecule has 0 spiro atoms. The van der Waals surface area contributed by atoms with E-state index >= 15 is 0 Å². The topological polar surface area (TPSA) is 52.0 Å². The van der Waals surface area contributed by atoms with Crippen molar-refractivity contribution in [1.29, 1.82) is 0 Å². The summed E-state index contributed by atoms with van der Waals surface area (Å²) in [5.41, 5.74) is -1.68. The van der Waals surface area contributed by atoms with Crippen LogP contribution >= 0.6 is 11.6 Å². The standard InChI is InChI=1S/C19H13ClF6N2O2S/c1-11-6-8-12(9-7-11)31(29,30)15-10-27-28(14-5-3-2-4-13(14)20)16(15)18(23,24)19(25,26)17(21)22/h2-10,17H,1H3. The molecule has 0 fully saturated rings. The van der Waals surface area contributed by atoms with Crippen LogP contribution in [0.4, 0.5) is 26.3 Å². The molecule has 3 rings (SSSR count). The Bertz CT molecular complexity index is 1210. The van der Waals surface area contributed by atoms with Gasteiger partial charge in [0, 0.05) is 0 Å². The maximum absolute atomic E-state index is 14.9. The maximum atomic E-state index is 14.9. The summed E-state index contributed by atoms with van der Waals surface area (Å²) in [7, 11) is -4.84. The van der Waals surface area contributed by atoms with E-state index in [0.717, 1.165) is 18.2 Å². The first-order valence-electron chi connectivity index (χ1n) is 8.50. The van der Waals surface area contributed by atoms with Gasteiger partial charge in [-0.05, 0) is 31.2 Å². The zero-order chi connectivity index (χ0) is 23.2. The molecule has 0 aliphatic carbocycles. The van der Waals surface area contributed by atoms with E-state index in [1.54, 1.807) is 6.92 Å². The highest BCUT2D eigenvalue weighted by atomic mass is 35.5. The van der Waals surface area contributed by atoms with Crippen LogP contribution in [0.25, 0.3) is 5.69 Å². The SMILES string of the molecule is Cc1ccc(S(=O)(=O)c2cnn(-c3ccccc3Cl)c2C(F)(F)C(F)(F)C(F)F)cc1. The molecule has 4 nitrogen and oxygen atoms in total. The Balaban J connectivity index is 2.37. The third-order valence-corrected chi connectivity index (χ3v) is 6.52. The predicted molar refractivity (Wildman–Crippen MR) is 100 cm³/mol. The normalized spacial score (nSPS) is 13.1. The van der Waals surface area contributed by atoms with Crippen molar-refractivity contribution < 1.29 is 34.8 Å². The molecule has 3 aromatic rings. The van der Waals surface area contributed by atoms with Crippen molar-refractivity contribution >= 4 is 21.4 Å². The summed E-state index contributed by atoms with van der Waals surface area (Å²) < 4.78 is 109. The Morgan fingerprint density at radius 2 is 1.58 bits per heavy atom. The van der Waals surface area contributed by atoms with Gasteiger partial charge in [0.1, 0.15) is 10.6 Å². The van der Waals surface area contributed by atoms with Crippen molar-refractivity contribution in [3.63, 3.8) is 0 Å². The Labute approximate surface area is 178 Å². The molecule has 0 radical (unpaired) electrons. The third-order valence-electron chi connectivity index (χ3n) is 4.43. The number of aromatic nitrogens is 2. The largest absolute Gasteiger partial charge is 0.375 e. The first-order valence-corrected chi connectivity index (χ1v) is 10.4. The summed E-state index contributed by atoms with van der Waals surface area (Å²) in [6.45, 7) is 1.63.